The Labute approximate surface area is 146 Å². The molecular weight excluding hydrogens is 291 g/mol. The van der Waals surface area contributed by atoms with Crippen molar-refractivity contribution in [1.29, 1.82) is 0 Å². The predicted octanol–water partition coefficient (Wildman–Crippen LogP) is -0.616. The molecule has 6 heteroatoms. The molecule has 0 saturated heterocycles. The van der Waals surface area contributed by atoms with E-state index >= 15 is 0 Å². The zero-order valence-electron chi connectivity index (χ0n) is 14.6. The Hall–Kier alpha value is -0.736. The summed E-state index contributed by atoms with van der Waals surface area (Å²) in [6.45, 7) is 11.9. The first-order chi connectivity index (χ1) is 9.63. The van der Waals surface area contributed by atoms with Crippen LogP contribution in [-0.4, -0.2) is 27.5 Å². The van der Waals surface area contributed by atoms with Crippen LogP contribution in [0.15, 0.2) is 24.3 Å². The van der Waals surface area contributed by atoms with Gasteiger partial charge in [0.1, 0.15) is 12.4 Å². The summed E-state index contributed by atoms with van der Waals surface area (Å²) in [5, 5.41) is 10.9. The van der Waals surface area contributed by atoms with Crippen LogP contribution in [0.5, 0.6) is 5.75 Å². The molecule has 0 fully saturated rings. The van der Waals surface area contributed by atoms with Crippen molar-refractivity contribution < 1.29 is 37.9 Å². The molecule has 0 N–H and O–H groups in total. The molecule has 1 rings (SSSR count). The number of rotatable bonds is 7. The largest absolute Gasteiger partial charge is 1.00 e. The van der Waals surface area contributed by atoms with Gasteiger partial charge < -0.3 is 19.1 Å². The first-order valence-corrected chi connectivity index (χ1v) is 10.1. The Morgan fingerprint density at radius 2 is 1.77 bits per heavy atom. The molecule has 22 heavy (non-hydrogen) atoms. The summed E-state index contributed by atoms with van der Waals surface area (Å²) in [5.41, 5.74) is 0.629. The van der Waals surface area contributed by atoms with E-state index in [1.807, 2.05) is 6.07 Å². The molecular formula is C16H25LiO4Si. The summed E-state index contributed by atoms with van der Waals surface area (Å²) in [7, 11) is -1.77. The minimum Gasteiger partial charge on any atom is -0.550 e. The van der Waals surface area contributed by atoms with E-state index in [-0.39, 0.29) is 30.3 Å². The molecule has 0 saturated carbocycles. The number of hydrogen-bond acceptors (Lipinski definition) is 4. The van der Waals surface area contributed by atoms with Crippen molar-refractivity contribution in [3.05, 3.63) is 29.8 Å². The molecule has 0 atom stereocenters. The number of hydrogen-bond donors (Lipinski definition) is 0. The third kappa shape index (κ3) is 6.57. The van der Waals surface area contributed by atoms with Crippen molar-refractivity contribution in [3.8, 4) is 5.75 Å². The van der Waals surface area contributed by atoms with Gasteiger partial charge in [0.15, 0.2) is 8.32 Å². The Bertz CT molecular complexity index is 483. The topological polar surface area (TPSA) is 58.6 Å². The summed E-state index contributed by atoms with van der Waals surface area (Å²) < 4.78 is 11.7. The quantitative estimate of drug-likeness (QED) is 0.497. The number of carboxylic acids is 1. The van der Waals surface area contributed by atoms with E-state index in [1.165, 1.54) is 0 Å². The van der Waals surface area contributed by atoms with Gasteiger partial charge in [-0.1, -0.05) is 39.0 Å². The molecule has 1 aromatic carbocycles. The summed E-state index contributed by atoms with van der Waals surface area (Å²) in [6.07, 6.45) is -0.140. The number of carboxylic acid groups (broad SMARTS) is 1. The molecule has 0 amide bonds. The molecule has 0 unspecified atom stereocenters. The van der Waals surface area contributed by atoms with Crippen LogP contribution >= 0.6 is 0 Å². The zero-order valence-corrected chi connectivity index (χ0v) is 15.6. The standard InChI is InChI=1S/C16H26O4Si.Li/c1-16(2,3)21(4,5)20-11-10-19-14-9-7-6-8-13(14)12-15(17)18;/h6-9H,10-12H2,1-5H3,(H,17,18);/q;+1/p-1. The Morgan fingerprint density at radius 1 is 1.18 bits per heavy atom. The van der Waals surface area contributed by atoms with Crippen LogP contribution < -0.4 is 28.7 Å². The number of aliphatic carboxylic acids is 1. The van der Waals surface area contributed by atoms with Gasteiger partial charge in [0.2, 0.25) is 0 Å². The average molecular weight is 316 g/mol. The van der Waals surface area contributed by atoms with Crippen LogP contribution in [0.2, 0.25) is 18.1 Å². The number of ether oxygens (including phenoxy) is 1. The van der Waals surface area contributed by atoms with Gasteiger partial charge in [0, 0.05) is 12.4 Å². The van der Waals surface area contributed by atoms with Crippen LogP contribution in [0.4, 0.5) is 0 Å². The van der Waals surface area contributed by atoms with Gasteiger partial charge >= 0.3 is 18.9 Å². The van der Waals surface area contributed by atoms with Crippen molar-refractivity contribution in [2.75, 3.05) is 13.2 Å². The van der Waals surface area contributed by atoms with Gasteiger partial charge in [-0.05, 0) is 29.8 Å². The van der Waals surface area contributed by atoms with Gasteiger partial charge in [-0.3, -0.25) is 0 Å². The minimum absolute atomic E-state index is 0. The number of benzene rings is 1. The summed E-state index contributed by atoms with van der Waals surface area (Å²) in [6, 6.07) is 7.12. The summed E-state index contributed by atoms with van der Waals surface area (Å²) in [4.78, 5) is 10.7. The molecule has 0 bridgehead atoms. The summed E-state index contributed by atoms with van der Waals surface area (Å²) in [5.74, 6) is -0.524. The zero-order chi connectivity index (χ0) is 16.1. The van der Waals surface area contributed by atoms with Crippen molar-refractivity contribution in [2.24, 2.45) is 0 Å². The average Bonchev–Trinajstić information content (AvgIpc) is 2.34. The SMILES string of the molecule is CC(C)(C)[Si](C)(C)OCCOc1ccccc1CC(=O)[O-].[Li+]. The second-order valence-electron chi connectivity index (χ2n) is 6.61. The van der Waals surface area contributed by atoms with E-state index in [4.69, 9.17) is 9.16 Å². The van der Waals surface area contributed by atoms with Crippen molar-refractivity contribution in [3.63, 3.8) is 0 Å². The molecule has 0 spiro atoms. The molecule has 0 aliphatic rings. The maximum absolute atomic E-state index is 10.7. The number of carbonyl (C=O) groups is 1. The third-order valence-electron chi connectivity index (χ3n) is 3.92. The maximum atomic E-state index is 10.7. The van der Waals surface area contributed by atoms with E-state index < -0.39 is 14.3 Å². The Kier molecular flexibility index (Phi) is 8.49. The monoisotopic (exact) mass is 316 g/mol. The molecule has 0 heterocycles. The molecule has 0 radical (unpaired) electrons. The van der Waals surface area contributed by atoms with E-state index in [9.17, 15) is 9.90 Å². The second-order valence-corrected chi connectivity index (χ2v) is 11.4. The minimum atomic E-state index is -1.77. The van der Waals surface area contributed by atoms with Crippen LogP contribution in [0.3, 0.4) is 0 Å². The smallest absolute Gasteiger partial charge is 0.550 e. The molecule has 4 nitrogen and oxygen atoms in total. The fourth-order valence-corrected chi connectivity index (χ4v) is 2.64. The fourth-order valence-electron chi connectivity index (χ4n) is 1.61. The molecule has 1 aromatic rings. The van der Waals surface area contributed by atoms with E-state index in [0.29, 0.717) is 24.5 Å². The first-order valence-electron chi connectivity index (χ1n) is 7.18. The summed E-state index contributed by atoms with van der Waals surface area (Å²) >= 11 is 0. The van der Waals surface area contributed by atoms with E-state index in [2.05, 4.69) is 33.9 Å². The van der Waals surface area contributed by atoms with Crippen molar-refractivity contribution in [1.82, 2.24) is 0 Å². The van der Waals surface area contributed by atoms with Gasteiger partial charge in [-0.2, -0.15) is 0 Å². The second kappa shape index (κ2) is 8.78. The molecule has 0 aliphatic heterocycles. The van der Waals surface area contributed by atoms with Gasteiger partial charge in [0.05, 0.1) is 6.61 Å². The Morgan fingerprint density at radius 3 is 2.32 bits per heavy atom. The normalized spacial score (nSPS) is 11.7. The fraction of sp³-hybridized carbons (Fsp3) is 0.562. The van der Waals surface area contributed by atoms with Gasteiger partial charge in [0.25, 0.3) is 0 Å². The van der Waals surface area contributed by atoms with Crippen molar-refractivity contribution >= 4 is 14.3 Å². The van der Waals surface area contributed by atoms with Gasteiger partial charge in [-0.25, -0.2) is 0 Å². The van der Waals surface area contributed by atoms with Crippen LogP contribution in [0, 0.1) is 0 Å². The predicted molar refractivity (Wildman–Crippen MR) is 83.8 cm³/mol. The maximum Gasteiger partial charge on any atom is 1.00 e. The number of carbonyl (C=O) groups excluding carboxylic acids is 1. The van der Waals surface area contributed by atoms with Crippen molar-refractivity contribution in [2.45, 2.75) is 45.3 Å². The third-order valence-corrected chi connectivity index (χ3v) is 8.46. The van der Waals surface area contributed by atoms with E-state index in [1.54, 1.807) is 18.2 Å². The van der Waals surface area contributed by atoms with E-state index in [0.717, 1.165) is 0 Å². The first kappa shape index (κ1) is 21.3. The number of para-hydroxylation sites is 1. The van der Waals surface area contributed by atoms with Gasteiger partial charge in [-0.15, -0.1) is 0 Å². The van der Waals surface area contributed by atoms with Crippen LogP contribution in [-0.2, 0) is 15.6 Å². The molecule has 0 aromatic heterocycles. The molecule has 0 aliphatic carbocycles. The van der Waals surface area contributed by atoms with Crippen LogP contribution in [0.25, 0.3) is 0 Å². The Balaban J connectivity index is 0.00000441. The van der Waals surface area contributed by atoms with Crippen LogP contribution in [0.1, 0.15) is 26.3 Å². The molecule has 118 valence electrons.